The molecule has 0 heterocycles. The zero-order valence-corrected chi connectivity index (χ0v) is 12.1. The number of para-hydroxylation sites is 1. The molecule has 0 aliphatic rings. The van der Waals surface area contributed by atoms with Crippen molar-refractivity contribution in [3.63, 3.8) is 0 Å². The number of aryl methyl sites for hydroxylation is 1. The highest BCUT2D eigenvalue weighted by Crippen LogP contribution is 2.28. The molecule has 0 amide bonds. The normalized spacial score (nSPS) is 10.5. The van der Waals surface area contributed by atoms with Crippen molar-refractivity contribution in [2.45, 2.75) is 20.1 Å². The number of rotatable bonds is 4. The third-order valence-corrected chi connectivity index (χ3v) is 3.64. The van der Waals surface area contributed by atoms with Crippen LogP contribution in [0.25, 0.3) is 0 Å². The molecule has 0 bridgehead atoms. The summed E-state index contributed by atoms with van der Waals surface area (Å²) < 4.78 is 5.86. The van der Waals surface area contributed by atoms with Gasteiger partial charge in [0.25, 0.3) is 0 Å². The van der Waals surface area contributed by atoms with Crippen LogP contribution in [-0.2, 0) is 13.2 Å². The first-order valence-corrected chi connectivity index (χ1v) is 6.73. The van der Waals surface area contributed by atoms with Crippen molar-refractivity contribution in [3.8, 4) is 5.75 Å². The maximum Gasteiger partial charge on any atom is 0.127 e. The minimum Gasteiger partial charge on any atom is -0.488 e. The highest BCUT2D eigenvalue weighted by Gasteiger charge is 2.09. The van der Waals surface area contributed by atoms with E-state index in [2.05, 4.69) is 0 Å². The van der Waals surface area contributed by atoms with Crippen LogP contribution in [-0.4, -0.2) is 0 Å². The Labute approximate surface area is 123 Å². The Morgan fingerprint density at radius 3 is 2.32 bits per heavy atom. The second kappa shape index (κ2) is 6.29. The lowest BCUT2D eigenvalue weighted by Crippen LogP contribution is -2.04. The summed E-state index contributed by atoms with van der Waals surface area (Å²) in [7, 11) is 0. The molecule has 19 heavy (non-hydrogen) atoms. The van der Waals surface area contributed by atoms with Gasteiger partial charge in [0, 0.05) is 27.7 Å². The van der Waals surface area contributed by atoms with Gasteiger partial charge in [-0.3, -0.25) is 0 Å². The molecule has 2 nitrogen and oxygen atoms in total. The van der Waals surface area contributed by atoms with E-state index in [9.17, 15) is 0 Å². The molecule has 2 aromatic rings. The third-order valence-electron chi connectivity index (χ3n) is 2.94. The van der Waals surface area contributed by atoms with Crippen LogP contribution in [0.2, 0.25) is 10.0 Å². The second-order valence-electron chi connectivity index (χ2n) is 4.26. The average Bonchev–Trinajstić information content (AvgIpc) is 2.39. The fraction of sp³-hybridized carbons (Fsp3) is 0.200. The summed E-state index contributed by atoms with van der Waals surface area (Å²) in [6, 6.07) is 11.3. The van der Waals surface area contributed by atoms with Gasteiger partial charge < -0.3 is 10.5 Å². The summed E-state index contributed by atoms with van der Waals surface area (Å²) in [5, 5.41) is 1.21. The maximum absolute atomic E-state index is 6.12. The number of benzene rings is 2. The van der Waals surface area contributed by atoms with Gasteiger partial charge in [-0.2, -0.15) is 0 Å². The van der Waals surface area contributed by atoms with Crippen LogP contribution in [0.5, 0.6) is 5.75 Å². The highest BCUT2D eigenvalue weighted by atomic mass is 35.5. The van der Waals surface area contributed by atoms with Crippen LogP contribution < -0.4 is 10.5 Å². The van der Waals surface area contributed by atoms with Gasteiger partial charge in [0.1, 0.15) is 12.4 Å². The Hall–Kier alpha value is -1.22. The minimum atomic E-state index is 0.330. The summed E-state index contributed by atoms with van der Waals surface area (Å²) in [4.78, 5) is 0. The molecule has 0 atom stereocenters. The van der Waals surface area contributed by atoms with E-state index in [0.29, 0.717) is 23.2 Å². The molecule has 0 spiro atoms. The van der Waals surface area contributed by atoms with E-state index in [-0.39, 0.29) is 0 Å². The zero-order chi connectivity index (χ0) is 13.8. The van der Waals surface area contributed by atoms with Crippen LogP contribution in [0.15, 0.2) is 36.4 Å². The summed E-state index contributed by atoms with van der Waals surface area (Å²) in [5.74, 6) is 0.806. The van der Waals surface area contributed by atoms with Crippen LogP contribution in [0.3, 0.4) is 0 Å². The molecule has 0 saturated heterocycles. The van der Waals surface area contributed by atoms with Gasteiger partial charge in [-0.1, -0.05) is 47.5 Å². The predicted molar refractivity (Wildman–Crippen MR) is 79.9 cm³/mol. The lowest BCUT2D eigenvalue weighted by molar-refractivity contribution is 0.301. The smallest absolute Gasteiger partial charge is 0.127 e. The number of halogens is 2. The largest absolute Gasteiger partial charge is 0.488 e. The van der Waals surface area contributed by atoms with Gasteiger partial charge >= 0.3 is 0 Å². The van der Waals surface area contributed by atoms with E-state index in [1.54, 1.807) is 12.1 Å². The first-order chi connectivity index (χ1) is 9.13. The molecule has 2 rings (SSSR count). The van der Waals surface area contributed by atoms with E-state index in [0.717, 1.165) is 22.4 Å². The van der Waals surface area contributed by atoms with Gasteiger partial charge in [0.2, 0.25) is 0 Å². The Balaban J connectivity index is 2.24. The van der Waals surface area contributed by atoms with Crippen molar-refractivity contribution >= 4 is 23.2 Å². The van der Waals surface area contributed by atoms with E-state index >= 15 is 0 Å². The fourth-order valence-corrected chi connectivity index (χ4v) is 2.40. The Kier molecular flexibility index (Phi) is 4.70. The topological polar surface area (TPSA) is 35.2 Å². The lowest BCUT2D eigenvalue weighted by Gasteiger charge is -2.14. The van der Waals surface area contributed by atoms with Crippen LogP contribution in [0.1, 0.15) is 16.7 Å². The molecule has 2 aromatic carbocycles. The molecule has 0 saturated carbocycles. The van der Waals surface area contributed by atoms with Crippen molar-refractivity contribution in [2.75, 3.05) is 0 Å². The molecule has 0 aliphatic heterocycles. The highest BCUT2D eigenvalue weighted by molar-refractivity contribution is 6.35. The SMILES string of the molecule is Cc1cccc(CN)c1OCc1c(Cl)cccc1Cl. The Morgan fingerprint density at radius 1 is 1.05 bits per heavy atom. The van der Waals surface area contributed by atoms with Gasteiger partial charge in [-0.25, -0.2) is 0 Å². The first-order valence-electron chi connectivity index (χ1n) is 5.97. The van der Waals surface area contributed by atoms with Gasteiger partial charge in [0.15, 0.2) is 0 Å². The van der Waals surface area contributed by atoms with E-state index < -0.39 is 0 Å². The van der Waals surface area contributed by atoms with Crippen LogP contribution in [0.4, 0.5) is 0 Å². The first kappa shape index (κ1) is 14.2. The molecule has 0 aromatic heterocycles. The van der Waals surface area contributed by atoms with Gasteiger partial charge in [0.05, 0.1) is 0 Å². The second-order valence-corrected chi connectivity index (χ2v) is 5.07. The fourth-order valence-electron chi connectivity index (χ4n) is 1.90. The molecule has 0 radical (unpaired) electrons. The quantitative estimate of drug-likeness (QED) is 0.911. The van der Waals surface area contributed by atoms with E-state index in [4.69, 9.17) is 33.7 Å². The number of nitrogens with two attached hydrogens (primary N) is 1. The van der Waals surface area contributed by atoms with E-state index in [1.807, 2.05) is 31.2 Å². The molecule has 0 aliphatic carbocycles. The molecule has 100 valence electrons. The number of hydrogen-bond donors (Lipinski definition) is 1. The molecule has 0 unspecified atom stereocenters. The van der Waals surface area contributed by atoms with Crippen molar-refractivity contribution in [2.24, 2.45) is 5.73 Å². The molecule has 0 fully saturated rings. The van der Waals surface area contributed by atoms with Gasteiger partial charge in [-0.15, -0.1) is 0 Å². The van der Waals surface area contributed by atoms with Crippen LogP contribution >= 0.6 is 23.2 Å². The van der Waals surface area contributed by atoms with Crippen molar-refractivity contribution < 1.29 is 4.74 Å². The Morgan fingerprint density at radius 2 is 1.68 bits per heavy atom. The summed E-state index contributed by atoms with van der Waals surface area (Å²) in [5.41, 5.74) is 8.53. The zero-order valence-electron chi connectivity index (χ0n) is 10.6. The summed E-state index contributed by atoms with van der Waals surface area (Å²) in [6.45, 7) is 2.76. The number of ether oxygens (including phenoxy) is 1. The molecule has 4 heteroatoms. The lowest BCUT2D eigenvalue weighted by atomic mass is 10.1. The van der Waals surface area contributed by atoms with Crippen LogP contribution in [0, 0.1) is 6.92 Å². The van der Waals surface area contributed by atoms with Crippen molar-refractivity contribution in [1.29, 1.82) is 0 Å². The van der Waals surface area contributed by atoms with E-state index in [1.165, 1.54) is 0 Å². The monoisotopic (exact) mass is 295 g/mol. The summed E-state index contributed by atoms with van der Waals surface area (Å²) in [6.07, 6.45) is 0. The molecule has 2 N–H and O–H groups in total. The van der Waals surface area contributed by atoms with Crippen molar-refractivity contribution in [3.05, 3.63) is 63.1 Å². The minimum absolute atomic E-state index is 0.330. The molecular weight excluding hydrogens is 281 g/mol. The standard InChI is InChI=1S/C15H15Cl2NO/c1-10-4-2-5-11(8-18)15(10)19-9-12-13(16)6-3-7-14(12)17/h2-7H,8-9,18H2,1H3. The summed E-state index contributed by atoms with van der Waals surface area (Å²) >= 11 is 12.2. The Bertz CT molecular complexity index is 564. The van der Waals surface area contributed by atoms with Crippen molar-refractivity contribution in [1.82, 2.24) is 0 Å². The number of hydrogen-bond acceptors (Lipinski definition) is 2. The predicted octanol–water partition coefficient (Wildman–Crippen LogP) is 4.34. The third kappa shape index (κ3) is 3.21. The van der Waals surface area contributed by atoms with Gasteiger partial charge in [-0.05, 0) is 24.6 Å². The molecular formula is C15H15Cl2NO. The average molecular weight is 296 g/mol. The maximum atomic E-state index is 6.12.